The molecule has 1 aliphatic rings. The van der Waals surface area contributed by atoms with E-state index in [1.54, 1.807) is 19.2 Å². The van der Waals surface area contributed by atoms with Gasteiger partial charge in [-0.1, -0.05) is 60.2 Å². The molecule has 0 spiro atoms. The zero-order valence-corrected chi connectivity index (χ0v) is 13.0. The normalized spacial score (nSPS) is 20.1. The zero-order chi connectivity index (χ0) is 16.6. The Morgan fingerprint density at radius 3 is 2.22 bits per heavy atom. The van der Waals surface area contributed by atoms with Gasteiger partial charge in [-0.2, -0.15) is 0 Å². The number of carbonyl (C=O) groups is 2. The van der Waals surface area contributed by atoms with Crippen LogP contribution in [0.2, 0.25) is 0 Å². The van der Waals surface area contributed by atoms with Crippen molar-refractivity contribution in [2.24, 2.45) is 0 Å². The molecule has 0 aliphatic carbocycles. The predicted octanol–water partition coefficient (Wildman–Crippen LogP) is 3.05. The summed E-state index contributed by atoms with van der Waals surface area (Å²) in [4.78, 5) is 25.9. The third kappa shape index (κ3) is 2.52. The van der Waals surface area contributed by atoms with Crippen LogP contribution < -0.4 is 0 Å². The van der Waals surface area contributed by atoms with Gasteiger partial charge in [0.05, 0.1) is 11.6 Å². The smallest absolute Gasteiger partial charge is 0.295 e. The van der Waals surface area contributed by atoms with Crippen molar-refractivity contribution in [2.45, 2.75) is 13.0 Å². The summed E-state index contributed by atoms with van der Waals surface area (Å²) in [5, 5.41) is 10.6. The molecule has 0 saturated carbocycles. The van der Waals surface area contributed by atoms with Gasteiger partial charge >= 0.3 is 0 Å². The van der Waals surface area contributed by atoms with Crippen molar-refractivity contribution < 1.29 is 14.7 Å². The summed E-state index contributed by atoms with van der Waals surface area (Å²) in [5.41, 5.74) is 2.51. The summed E-state index contributed by atoms with van der Waals surface area (Å²) in [6.07, 6.45) is 0. The number of aliphatic hydroxyl groups excluding tert-OH is 1. The van der Waals surface area contributed by atoms with Crippen LogP contribution in [-0.4, -0.2) is 28.7 Å². The molecule has 1 fully saturated rings. The molecule has 2 aromatic rings. The molecular formula is C19H17NO3. The van der Waals surface area contributed by atoms with Gasteiger partial charge in [-0.05, 0) is 12.5 Å². The maximum atomic E-state index is 12.4. The lowest BCUT2D eigenvalue weighted by Gasteiger charge is -2.20. The molecule has 1 saturated heterocycles. The molecule has 23 heavy (non-hydrogen) atoms. The molecule has 1 heterocycles. The van der Waals surface area contributed by atoms with Crippen LogP contribution in [0, 0.1) is 6.92 Å². The molecule has 4 nitrogen and oxygen atoms in total. The van der Waals surface area contributed by atoms with E-state index in [-0.39, 0.29) is 11.3 Å². The molecule has 0 unspecified atom stereocenters. The molecule has 1 aliphatic heterocycles. The highest BCUT2D eigenvalue weighted by Gasteiger charge is 2.44. The Bertz CT molecular complexity index is 791. The van der Waals surface area contributed by atoms with E-state index in [4.69, 9.17) is 0 Å². The number of hydrogen-bond donors (Lipinski definition) is 1. The first-order valence-electron chi connectivity index (χ1n) is 7.37. The topological polar surface area (TPSA) is 57.6 Å². The predicted molar refractivity (Wildman–Crippen MR) is 87.7 cm³/mol. The molecule has 1 atom stereocenters. The van der Waals surface area contributed by atoms with Crippen molar-refractivity contribution in [3.05, 3.63) is 76.9 Å². The highest BCUT2D eigenvalue weighted by molar-refractivity contribution is 6.46. The van der Waals surface area contributed by atoms with Crippen molar-refractivity contribution in [3.8, 4) is 0 Å². The zero-order valence-electron chi connectivity index (χ0n) is 13.0. The lowest BCUT2D eigenvalue weighted by atomic mass is 9.95. The Morgan fingerprint density at radius 1 is 1.00 bits per heavy atom. The van der Waals surface area contributed by atoms with Gasteiger partial charge < -0.3 is 10.0 Å². The quantitative estimate of drug-likeness (QED) is 0.527. The van der Waals surface area contributed by atoms with Gasteiger partial charge in [0, 0.05) is 12.6 Å². The molecule has 116 valence electrons. The van der Waals surface area contributed by atoms with Crippen molar-refractivity contribution in [1.29, 1.82) is 0 Å². The summed E-state index contributed by atoms with van der Waals surface area (Å²) in [6.45, 7) is 1.94. The molecule has 1 amide bonds. The number of nitrogens with zero attached hydrogens (tertiary/aromatic N) is 1. The minimum Gasteiger partial charge on any atom is -0.507 e. The molecule has 0 radical (unpaired) electrons. The fraction of sp³-hybridized carbons (Fsp3) is 0.158. The number of amides is 1. The highest BCUT2D eigenvalue weighted by atomic mass is 16.3. The second-order valence-corrected chi connectivity index (χ2v) is 5.69. The van der Waals surface area contributed by atoms with Gasteiger partial charge in [0.15, 0.2) is 0 Å². The van der Waals surface area contributed by atoms with E-state index < -0.39 is 17.7 Å². The number of Topliss-reactive ketones (excluding diaryl/α,β-unsaturated/α-hetero) is 1. The van der Waals surface area contributed by atoms with Crippen molar-refractivity contribution >= 4 is 17.4 Å². The number of hydrogen-bond acceptors (Lipinski definition) is 3. The molecule has 0 aromatic heterocycles. The van der Waals surface area contributed by atoms with Crippen LogP contribution in [0.1, 0.15) is 22.7 Å². The third-order valence-corrected chi connectivity index (χ3v) is 4.12. The van der Waals surface area contributed by atoms with E-state index in [0.29, 0.717) is 5.56 Å². The van der Waals surface area contributed by atoms with E-state index in [1.165, 1.54) is 4.90 Å². The van der Waals surface area contributed by atoms with Gasteiger partial charge in [0.1, 0.15) is 5.76 Å². The molecule has 3 rings (SSSR count). The Balaban J connectivity index is 2.17. The Morgan fingerprint density at radius 2 is 1.61 bits per heavy atom. The molecule has 4 heteroatoms. The summed E-state index contributed by atoms with van der Waals surface area (Å²) < 4.78 is 0. The fourth-order valence-electron chi connectivity index (χ4n) is 2.84. The maximum Gasteiger partial charge on any atom is 0.295 e. The van der Waals surface area contributed by atoms with Gasteiger partial charge in [-0.15, -0.1) is 0 Å². The fourth-order valence-corrected chi connectivity index (χ4v) is 2.84. The monoisotopic (exact) mass is 307 g/mol. The third-order valence-electron chi connectivity index (χ3n) is 4.12. The summed E-state index contributed by atoms with van der Waals surface area (Å²) >= 11 is 0. The van der Waals surface area contributed by atoms with Crippen LogP contribution in [0.25, 0.3) is 5.76 Å². The average molecular weight is 307 g/mol. The minimum atomic E-state index is -0.653. The standard InChI is InChI=1S/C19H17NO3/c1-12-8-10-14(11-9-12)17(21)15-16(13-6-4-3-5-7-13)20(2)19(23)18(15)22/h3-11,16,21H,1-2H3/b17-15+/t16-/m1/s1. The second kappa shape index (κ2) is 5.72. The minimum absolute atomic E-state index is 0.132. The summed E-state index contributed by atoms with van der Waals surface area (Å²) in [5.74, 6) is -1.39. The Labute approximate surface area is 134 Å². The van der Waals surface area contributed by atoms with Crippen LogP contribution in [-0.2, 0) is 9.59 Å². The summed E-state index contributed by atoms with van der Waals surface area (Å²) in [6, 6.07) is 15.9. The van der Waals surface area contributed by atoms with Crippen molar-refractivity contribution in [1.82, 2.24) is 4.90 Å². The Hall–Kier alpha value is -2.88. The first-order chi connectivity index (χ1) is 11.0. The van der Waals surface area contributed by atoms with Gasteiger partial charge in [-0.3, -0.25) is 9.59 Å². The first kappa shape index (κ1) is 15.0. The molecule has 2 aromatic carbocycles. The van der Waals surface area contributed by atoms with Crippen molar-refractivity contribution in [2.75, 3.05) is 7.05 Å². The van der Waals surface area contributed by atoms with E-state index in [2.05, 4.69) is 0 Å². The maximum absolute atomic E-state index is 12.4. The number of aryl methyl sites for hydroxylation is 1. The number of rotatable bonds is 2. The molecule has 1 N–H and O–H groups in total. The van der Waals surface area contributed by atoms with Gasteiger partial charge in [0.25, 0.3) is 11.7 Å². The van der Waals surface area contributed by atoms with E-state index in [0.717, 1.165) is 11.1 Å². The Kier molecular flexibility index (Phi) is 3.74. The van der Waals surface area contributed by atoms with Crippen LogP contribution in [0.3, 0.4) is 0 Å². The van der Waals surface area contributed by atoms with Crippen molar-refractivity contribution in [3.63, 3.8) is 0 Å². The number of carbonyl (C=O) groups excluding carboxylic acids is 2. The number of aliphatic hydroxyl groups is 1. The highest BCUT2D eigenvalue weighted by Crippen LogP contribution is 2.38. The van der Waals surface area contributed by atoms with E-state index >= 15 is 0 Å². The largest absolute Gasteiger partial charge is 0.507 e. The first-order valence-corrected chi connectivity index (χ1v) is 7.37. The lowest BCUT2D eigenvalue weighted by Crippen LogP contribution is -2.24. The lowest BCUT2D eigenvalue weighted by molar-refractivity contribution is -0.139. The average Bonchev–Trinajstić information content (AvgIpc) is 2.80. The van der Waals surface area contributed by atoms with Crippen LogP contribution in [0.4, 0.5) is 0 Å². The van der Waals surface area contributed by atoms with E-state index in [9.17, 15) is 14.7 Å². The van der Waals surface area contributed by atoms with Crippen LogP contribution >= 0.6 is 0 Å². The number of likely N-dealkylation sites (N-methyl/N-ethyl adjacent to an activating group) is 1. The second-order valence-electron chi connectivity index (χ2n) is 5.69. The van der Waals surface area contributed by atoms with Crippen LogP contribution in [0.15, 0.2) is 60.2 Å². The van der Waals surface area contributed by atoms with E-state index in [1.807, 2.05) is 49.4 Å². The molecular weight excluding hydrogens is 290 g/mol. The van der Waals surface area contributed by atoms with Gasteiger partial charge in [-0.25, -0.2) is 0 Å². The van der Waals surface area contributed by atoms with Gasteiger partial charge in [0.2, 0.25) is 0 Å². The number of benzene rings is 2. The number of likely N-dealkylation sites (tertiary alicyclic amines) is 1. The molecule has 0 bridgehead atoms. The van der Waals surface area contributed by atoms with Crippen LogP contribution in [0.5, 0.6) is 0 Å². The number of ketones is 1. The SMILES string of the molecule is Cc1ccc(/C(O)=C2\C(=O)C(=O)N(C)[C@@H]2c2ccccc2)cc1. The summed E-state index contributed by atoms with van der Waals surface area (Å²) in [7, 11) is 1.58.